The lowest BCUT2D eigenvalue weighted by atomic mass is 10.1. The second kappa shape index (κ2) is 2.67. The smallest absolute Gasteiger partial charge is 0.0682 e. The minimum absolute atomic E-state index is 0.0695. The van der Waals surface area contributed by atoms with Crippen LogP contribution in [-0.2, 0) is 0 Å². The second-order valence-electron chi connectivity index (χ2n) is 2.89. The van der Waals surface area contributed by atoms with Crippen molar-refractivity contribution in [2.24, 2.45) is 0 Å². The summed E-state index contributed by atoms with van der Waals surface area (Å²) in [6.45, 7) is 3.03. The normalized spacial score (nSPS) is 37.7. The molecule has 1 aliphatic heterocycles. The van der Waals surface area contributed by atoms with Crippen LogP contribution in [0.3, 0.4) is 0 Å². The summed E-state index contributed by atoms with van der Waals surface area (Å²) in [7, 11) is 2.07. The van der Waals surface area contributed by atoms with Crippen LogP contribution in [0.2, 0.25) is 0 Å². The first-order chi connectivity index (χ1) is 4.24. The summed E-state index contributed by atoms with van der Waals surface area (Å²) in [6.07, 6.45) is 2.06. The first-order valence-electron chi connectivity index (χ1n) is 3.62. The van der Waals surface area contributed by atoms with Crippen molar-refractivity contribution in [3.63, 3.8) is 0 Å². The zero-order valence-electron chi connectivity index (χ0n) is 6.17. The van der Waals surface area contributed by atoms with E-state index in [0.29, 0.717) is 6.04 Å². The molecule has 0 amide bonds. The molecule has 0 radical (unpaired) electrons. The number of aliphatic hydroxyl groups is 1. The van der Waals surface area contributed by atoms with Gasteiger partial charge in [-0.25, -0.2) is 0 Å². The van der Waals surface area contributed by atoms with Crippen molar-refractivity contribution in [1.29, 1.82) is 0 Å². The van der Waals surface area contributed by atoms with Gasteiger partial charge in [-0.3, -0.25) is 0 Å². The van der Waals surface area contributed by atoms with E-state index in [1.807, 2.05) is 0 Å². The summed E-state index contributed by atoms with van der Waals surface area (Å²) >= 11 is 0. The summed E-state index contributed by atoms with van der Waals surface area (Å²) in [5.74, 6) is 0. The van der Waals surface area contributed by atoms with Gasteiger partial charge in [0.25, 0.3) is 0 Å². The van der Waals surface area contributed by atoms with Crippen LogP contribution in [0.4, 0.5) is 0 Å². The van der Waals surface area contributed by atoms with Gasteiger partial charge in [-0.2, -0.15) is 0 Å². The molecule has 9 heavy (non-hydrogen) atoms. The first-order valence-corrected chi connectivity index (χ1v) is 3.62. The van der Waals surface area contributed by atoms with Gasteiger partial charge in [-0.1, -0.05) is 6.92 Å². The minimum atomic E-state index is -0.0695. The monoisotopic (exact) mass is 129 g/mol. The van der Waals surface area contributed by atoms with E-state index in [4.69, 9.17) is 5.11 Å². The molecule has 2 heteroatoms. The number of hydrogen-bond donors (Lipinski definition) is 1. The van der Waals surface area contributed by atoms with E-state index in [0.717, 1.165) is 19.4 Å². The van der Waals surface area contributed by atoms with E-state index >= 15 is 0 Å². The van der Waals surface area contributed by atoms with Crippen molar-refractivity contribution in [3.8, 4) is 0 Å². The van der Waals surface area contributed by atoms with Crippen LogP contribution < -0.4 is 0 Å². The molecule has 0 aliphatic carbocycles. The molecular formula is C7H15NO. The Labute approximate surface area is 56.5 Å². The zero-order chi connectivity index (χ0) is 6.85. The van der Waals surface area contributed by atoms with Crippen LogP contribution in [0.5, 0.6) is 0 Å². The number of likely N-dealkylation sites (tertiary alicyclic amines) is 1. The maximum absolute atomic E-state index is 9.16. The SMILES string of the molecule is CC[C@H]1C[C@@H](O)CN1C. The lowest BCUT2D eigenvalue weighted by Crippen LogP contribution is -2.24. The Balaban J connectivity index is 2.38. The molecule has 0 aromatic heterocycles. The van der Waals surface area contributed by atoms with Crippen molar-refractivity contribution >= 4 is 0 Å². The quantitative estimate of drug-likeness (QED) is 0.556. The Hall–Kier alpha value is -0.0800. The largest absolute Gasteiger partial charge is 0.392 e. The fraction of sp³-hybridized carbons (Fsp3) is 1.00. The molecule has 0 bridgehead atoms. The number of likely N-dealkylation sites (N-methyl/N-ethyl adjacent to an activating group) is 1. The maximum Gasteiger partial charge on any atom is 0.0682 e. The molecule has 0 saturated carbocycles. The molecule has 1 fully saturated rings. The number of β-amino-alcohol motifs (C(OH)–C–C–N with tert-alkyl or cyclic N) is 1. The zero-order valence-corrected chi connectivity index (χ0v) is 6.17. The van der Waals surface area contributed by atoms with E-state index in [1.54, 1.807) is 0 Å². The second-order valence-corrected chi connectivity index (χ2v) is 2.89. The molecular weight excluding hydrogens is 114 g/mol. The molecule has 1 N–H and O–H groups in total. The predicted molar refractivity (Wildman–Crippen MR) is 37.3 cm³/mol. The van der Waals surface area contributed by atoms with Crippen LogP contribution in [-0.4, -0.2) is 35.7 Å². The summed E-state index contributed by atoms with van der Waals surface area (Å²) in [6, 6.07) is 0.625. The van der Waals surface area contributed by atoms with Gasteiger partial charge < -0.3 is 10.0 Å². The fourth-order valence-electron chi connectivity index (χ4n) is 1.53. The van der Waals surface area contributed by atoms with Crippen LogP contribution in [0.15, 0.2) is 0 Å². The molecule has 0 aromatic carbocycles. The fourth-order valence-corrected chi connectivity index (χ4v) is 1.53. The van der Waals surface area contributed by atoms with E-state index in [2.05, 4.69) is 18.9 Å². The molecule has 1 aliphatic rings. The van der Waals surface area contributed by atoms with Crippen LogP contribution in [0, 0.1) is 0 Å². The van der Waals surface area contributed by atoms with E-state index in [9.17, 15) is 0 Å². The number of nitrogens with zero attached hydrogens (tertiary/aromatic N) is 1. The van der Waals surface area contributed by atoms with Crippen molar-refractivity contribution in [2.45, 2.75) is 31.9 Å². The van der Waals surface area contributed by atoms with Gasteiger partial charge >= 0.3 is 0 Å². The Morgan fingerprint density at radius 2 is 2.33 bits per heavy atom. The van der Waals surface area contributed by atoms with E-state index < -0.39 is 0 Å². The Kier molecular flexibility index (Phi) is 2.09. The van der Waals surface area contributed by atoms with Crippen LogP contribution in [0.25, 0.3) is 0 Å². The number of hydrogen-bond acceptors (Lipinski definition) is 2. The molecule has 0 aromatic rings. The van der Waals surface area contributed by atoms with E-state index in [1.165, 1.54) is 0 Å². The maximum atomic E-state index is 9.16. The average Bonchev–Trinajstić information content (AvgIpc) is 2.10. The Morgan fingerprint density at radius 1 is 1.67 bits per heavy atom. The van der Waals surface area contributed by atoms with Gasteiger partial charge in [-0.05, 0) is 19.9 Å². The topological polar surface area (TPSA) is 23.5 Å². The predicted octanol–water partition coefficient (Wildman–Crippen LogP) is 0.461. The van der Waals surface area contributed by atoms with Gasteiger partial charge in [0.15, 0.2) is 0 Å². The van der Waals surface area contributed by atoms with E-state index in [-0.39, 0.29) is 6.10 Å². The molecule has 0 unspecified atom stereocenters. The van der Waals surface area contributed by atoms with Gasteiger partial charge in [0.05, 0.1) is 6.10 Å². The molecule has 1 saturated heterocycles. The Morgan fingerprint density at radius 3 is 2.56 bits per heavy atom. The molecule has 54 valence electrons. The minimum Gasteiger partial charge on any atom is -0.392 e. The highest BCUT2D eigenvalue weighted by Crippen LogP contribution is 2.17. The first kappa shape index (κ1) is 7.03. The number of aliphatic hydroxyl groups excluding tert-OH is 1. The lowest BCUT2D eigenvalue weighted by molar-refractivity contribution is 0.182. The summed E-state index contributed by atoms with van der Waals surface area (Å²) in [5, 5.41) is 9.16. The van der Waals surface area contributed by atoms with Crippen LogP contribution in [0.1, 0.15) is 19.8 Å². The van der Waals surface area contributed by atoms with Gasteiger partial charge in [0.1, 0.15) is 0 Å². The van der Waals surface area contributed by atoms with Crippen molar-refractivity contribution in [1.82, 2.24) is 4.90 Å². The third-order valence-corrected chi connectivity index (χ3v) is 2.14. The number of rotatable bonds is 1. The summed E-state index contributed by atoms with van der Waals surface area (Å²) < 4.78 is 0. The Bertz CT molecular complexity index is 94.9. The molecule has 2 nitrogen and oxygen atoms in total. The van der Waals surface area contributed by atoms with Crippen molar-refractivity contribution in [3.05, 3.63) is 0 Å². The highest BCUT2D eigenvalue weighted by atomic mass is 16.3. The van der Waals surface area contributed by atoms with Gasteiger partial charge in [-0.15, -0.1) is 0 Å². The average molecular weight is 129 g/mol. The third kappa shape index (κ3) is 1.43. The van der Waals surface area contributed by atoms with Gasteiger partial charge in [0.2, 0.25) is 0 Å². The van der Waals surface area contributed by atoms with Crippen molar-refractivity contribution in [2.75, 3.05) is 13.6 Å². The lowest BCUT2D eigenvalue weighted by Gasteiger charge is -2.15. The summed E-state index contributed by atoms with van der Waals surface area (Å²) in [5.41, 5.74) is 0. The molecule has 0 spiro atoms. The van der Waals surface area contributed by atoms with Crippen LogP contribution >= 0.6 is 0 Å². The summed E-state index contributed by atoms with van der Waals surface area (Å²) in [4.78, 5) is 2.23. The van der Waals surface area contributed by atoms with Crippen molar-refractivity contribution < 1.29 is 5.11 Å². The molecule has 1 heterocycles. The third-order valence-electron chi connectivity index (χ3n) is 2.14. The highest BCUT2D eigenvalue weighted by Gasteiger charge is 2.25. The van der Waals surface area contributed by atoms with Gasteiger partial charge in [0, 0.05) is 12.6 Å². The molecule has 2 atom stereocenters. The highest BCUT2D eigenvalue weighted by molar-refractivity contribution is 4.81. The standard InChI is InChI=1S/C7H15NO/c1-3-6-4-7(9)5-8(6)2/h6-7,9H,3-5H2,1-2H3/t6-,7+/m0/s1. The molecule has 1 rings (SSSR count).